The number of amides is 3. The number of aliphatic carboxylic acids is 1. The summed E-state index contributed by atoms with van der Waals surface area (Å²) in [5.41, 5.74) is -0.896. The second-order valence-corrected chi connectivity index (χ2v) is 5.56. The maximum Gasteiger partial charge on any atom is 0.318 e. The fourth-order valence-electron chi connectivity index (χ4n) is 2.14. The molecule has 1 fully saturated rings. The molecular weight excluding hydrogens is 278 g/mol. The molecule has 1 heterocycles. The second kappa shape index (κ2) is 7.26. The van der Waals surface area contributed by atoms with Gasteiger partial charge in [-0.1, -0.05) is 0 Å². The summed E-state index contributed by atoms with van der Waals surface area (Å²) in [5.74, 6) is -1.27. The Labute approximate surface area is 123 Å². The predicted molar refractivity (Wildman–Crippen MR) is 74.9 cm³/mol. The maximum absolute atomic E-state index is 12.3. The van der Waals surface area contributed by atoms with Gasteiger partial charge in [-0.25, -0.2) is 4.79 Å². The van der Waals surface area contributed by atoms with E-state index < -0.39 is 23.6 Å². The summed E-state index contributed by atoms with van der Waals surface area (Å²) in [6, 6.07) is -1.15. The first-order valence-corrected chi connectivity index (χ1v) is 6.93. The Bertz CT molecular complexity index is 411. The van der Waals surface area contributed by atoms with Gasteiger partial charge in [0, 0.05) is 18.6 Å². The van der Waals surface area contributed by atoms with Gasteiger partial charge in [-0.05, 0) is 20.8 Å². The Morgan fingerprint density at radius 2 is 2.05 bits per heavy atom. The number of morpholine rings is 1. The molecule has 1 unspecified atom stereocenters. The van der Waals surface area contributed by atoms with Crippen LogP contribution in [0.3, 0.4) is 0 Å². The average molecular weight is 301 g/mol. The molecule has 1 atom stereocenters. The van der Waals surface area contributed by atoms with Gasteiger partial charge in [0.25, 0.3) is 0 Å². The number of hydrogen-bond donors (Lipinski definition) is 3. The number of carboxylic acids is 1. The quantitative estimate of drug-likeness (QED) is 0.651. The van der Waals surface area contributed by atoms with Crippen LogP contribution >= 0.6 is 0 Å². The first-order valence-electron chi connectivity index (χ1n) is 6.93. The average Bonchev–Trinajstić information content (AvgIpc) is 2.36. The second-order valence-electron chi connectivity index (χ2n) is 5.56. The number of carbonyl (C=O) groups excluding carboxylic acids is 2. The smallest absolute Gasteiger partial charge is 0.318 e. The van der Waals surface area contributed by atoms with Crippen molar-refractivity contribution < 1.29 is 24.2 Å². The lowest BCUT2D eigenvalue weighted by Gasteiger charge is -2.37. The van der Waals surface area contributed by atoms with Crippen molar-refractivity contribution in [3.8, 4) is 0 Å². The third-order valence-corrected chi connectivity index (χ3v) is 3.08. The molecule has 21 heavy (non-hydrogen) atoms. The Balaban J connectivity index is 2.73. The highest BCUT2D eigenvalue weighted by Crippen LogP contribution is 2.12. The van der Waals surface area contributed by atoms with Crippen LogP contribution in [0.25, 0.3) is 0 Å². The zero-order valence-electron chi connectivity index (χ0n) is 12.6. The molecule has 1 saturated heterocycles. The molecule has 0 spiro atoms. The van der Waals surface area contributed by atoms with Gasteiger partial charge in [-0.3, -0.25) is 9.59 Å². The number of ether oxygens (including phenoxy) is 1. The minimum Gasteiger partial charge on any atom is -0.481 e. The van der Waals surface area contributed by atoms with Gasteiger partial charge in [0.05, 0.1) is 19.6 Å². The van der Waals surface area contributed by atoms with E-state index in [2.05, 4.69) is 10.6 Å². The molecule has 0 aromatic heterocycles. The summed E-state index contributed by atoms with van der Waals surface area (Å²) in [4.78, 5) is 36.4. The normalized spacial score (nSPS) is 19.0. The van der Waals surface area contributed by atoms with E-state index in [1.165, 1.54) is 4.90 Å². The molecule has 0 bridgehead atoms. The third-order valence-electron chi connectivity index (χ3n) is 3.08. The van der Waals surface area contributed by atoms with E-state index in [0.29, 0.717) is 13.2 Å². The zero-order valence-corrected chi connectivity index (χ0v) is 12.6. The number of hydrogen-bond acceptors (Lipinski definition) is 4. The molecule has 120 valence electrons. The monoisotopic (exact) mass is 301 g/mol. The minimum atomic E-state index is -0.998. The Kier molecular flexibility index (Phi) is 5.95. The summed E-state index contributed by atoms with van der Waals surface area (Å²) in [5, 5.41) is 14.1. The lowest BCUT2D eigenvalue weighted by molar-refractivity contribution is -0.138. The number of urea groups is 1. The van der Waals surface area contributed by atoms with Gasteiger partial charge in [-0.2, -0.15) is 0 Å². The van der Waals surface area contributed by atoms with Gasteiger partial charge < -0.3 is 25.4 Å². The highest BCUT2D eigenvalue weighted by atomic mass is 16.5. The number of carbonyl (C=O) groups is 3. The summed E-state index contributed by atoms with van der Waals surface area (Å²) < 4.78 is 5.25. The zero-order chi connectivity index (χ0) is 16.0. The van der Waals surface area contributed by atoms with Gasteiger partial charge in [-0.15, -0.1) is 0 Å². The van der Waals surface area contributed by atoms with Crippen molar-refractivity contribution in [3.63, 3.8) is 0 Å². The first kappa shape index (κ1) is 17.2. The third kappa shape index (κ3) is 5.22. The predicted octanol–water partition coefficient (Wildman–Crippen LogP) is -0.214. The number of rotatable bonds is 5. The highest BCUT2D eigenvalue weighted by Gasteiger charge is 2.35. The summed E-state index contributed by atoms with van der Waals surface area (Å²) in [6.07, 6.45) is -0.200. The van der Waals surface area contributed by atoms with E-state index in [-0.39, 0.29) is 25.5 Å². The van der Waals surface area contributed by atoms with Crippen molar-refractivity contribution in [3.05, 3.63) is 0 Å². The summed E-state index contributed by atoms with van der Waals surface area (Å²) >= 11 is 0. The molecule has 1 aliphatic heterocycles. The minimum absolute atomic E-state index is 0.138. The van der Waals surface area contributed by atoms with Crippen LogP contribution in [0.15, 0.2) is 0 Å². The van der Waals surface area contributed by atoms with Crippen LogP contribution in [0, 0.1) is 0 Å². The van der Waals surface area contributed by atoms with Gasteiger partial charge in [0.15, 0.2) is 0 Å². The van der Waals surface area contributed by atoms with Crippen molar-refractivity contribution in [2.75, 3.05) is 26.3 Å². The fraction of sp³-hybridized carbons (Fsp3) is 0.769. The van der Waals surface area contributed by atoms with Gasteiger partial charge in [0.2, 0.25) is 5.91 Å². The highest BCUT2D eigenvalue weighted by molar-refractivity contribution is 5.87. The largest absolute Gasteiger partial charge is 0.481 e. The Morgan fingerprint density at radius 1 is 1.38 bits per heavy atom. The maximum atomic E-state index is 12.3. The number of nitrogens with zero attached hydrogens (tertiary/aromatic N) is 1. The van der Waals surface area contributed by atoms with Gasteiger partial charge >= 0.3 is 12.0 Å². The van der Waals surface area contributed by atoms with Crippen molar-refractivity contribution in [2.24, 2.45) is 0 Å². The van der Waals surface area contributed by atoms with Gasteiger partial charge in [0.1, 0.15) is 6.04 Å². The summed E-state index contributed by atoms with van der Waals surface area (Å²) in [7, 11) is 0. The number of likely N-dealkylation sites (N-methyl/N-ethyl adjacent to an activating group) is 1. The van der Waals surface area contributed by atoms with E-state index in [0.717, 1.165) is 0 Å². The standard InChI is InChI=1S/C13H23N3O5/c1-4-14-11(19)9-8-21-6-5-16(9)12(20)15-13(2,3)7-10(17)18/h9H,4-8H2,1-3H3,(H,14,19)(H,15,20)(H,17,18). The molecule has 3 amide bonds. The molecule has 0 radical (unpaired) electrons. The van der Waals surface area contributed by atoms with Crippen molar-refractivity contribution in [1.29, 1.82) is 0 Å². The molecule has 0 saturated carbocycles. The van der Waals surface area contributed by atoms with E-state index in [1.54, 1.807) is 20.8 Å². The SMILES string of the molecule is CCNC(=O)C1COCCN1C(=O)NC(C)(C)CC(=O)O. The lowest BCUT2D eigenvalue weighted by Crippen LogP contribution is -2.61. The van der Waals surface area contributed by atoms with Crippen LogP contribution in [-0.4, -0.2) is 65.8 Å². The summed E-state index contributed by atoms with van der Waals surface area (Å²) in [6.45, 7) is 6.29. The molecule has 0 aromatic carbocycles. The topological polar surface area (TPSA) is 108 Å². The van der Waals surface area contributed by atoms with E-state index in [1.807, 2.05) is 0 Å². The fourth-order valence-corrected chi connectivity index (χ4v) is 2.14. The van der Waals surface area contributed by atoms with Crippen molar-refractivity contribution in [2.45, 2.75) is 38.8 Å². The molecular formula is C13H23N3O5. The first-order chi connectivity index (χ1) is 9.76. The molecule has 8 nitrogen and oxygen atoms in total. The molecule has 1 aliphatic rings. The lowest BCUT2D eigenvalue weighted by atomic mass is 10.0. The van der Waals surface area contributed by atoms with Crippen LogP contribution in [0.5, 0.6) is 0 Å². The van der Waals surface area contributed by atoms with Crippen LogP contribution in [-0.2, 0) is 14.3 Å². The Hall–Kier alpha value is -1.83. The van der Waals surface area contributed by atoms with Crippen molar-refractivity contribution in [1.82, 2.24) is 15.5 Å². The molecule has 0 aliphatic carbocycles. The molecule has 8 heteroatoms. The van der Waals surface area contributed by atoms with Crippen LogP contribution in [0.2, 0.25) is 0 Å². The van der Waals surface area contributed by atoms with E-state index >= 15 is 0 Å². The van der Waals surface area contributed by atoms with E-state index in [9.17, 15) is 14.4 Å². The number of nitrogens with one attached hydrogen (secondary N) is 2. The molecule has 1 rings (SSSR count). The van der Waals surface area contributed by atoms with Crippen LogP contribution in [0.4, 0.5) is 4.79 Å². The number of carboxylic acid groups (broad SMARTS) is 1. The molecule has 3 N–H and O–H groups in total. The van der Waals surface area contributed by atoms with Crippen molar-refractivity contribution >= 4 is 17.9 Å². The van der Waals surface area contributed by atoms with Crippen LogP contribution in [0.1, 0.15) is 27.2 Å². The molecule has 0 aromatic rings. The van der Waals surface area contributed by atoms with E-state index in [4.69, 9.17) is 9.84 Å². The van der Waals surface area contributed by atoms with Crippen LogP contribution < -0.4 is 10.6 Å². The Morgan fingerprint density at radius 3 is 2.62 bits per heavy atom.